The summed E-state index contributed by atoms with van der Waals surface area (Å²) in [5, 5.41) is 3.39. The molecule has 5 heteroatoms. The van der Waals surface area contributed by atoms with E-state index in [1.807, 2.05) is 0 Å². The molecule has 1 N–H and O–H groups in total. The van der Waals surface area contributed by atoms with Crippen molar-refractivity contribution in [2.75, 3.05) is 6.54 Å². The van der Waals surface area contributed by atoms with Crippen LogP contribution >= 0.6 is 0 Å². The highest BCUT2D eigenvalue weighted by atomic mass is 15.0. The van der Waals surface area contributed by atoms with Crippen LogP contribution < -0.4 is 5.32 Å². The normalized spacial score (nSPS) is 14.2. The highest BCUT2D eigenvalue weighted by Gasteiger charge is 2.17. The number of hydrogen-bond donors (Lipinski definition) is 1. The van der Waals surface area contributed by atoms with E-state index in [1.165, 1.54) is 5.56 Å². The van der Waals surface area contributed by atoms with Crippen molar-refractivity contribution in [1.82, 2.24) is 25.3 Å². The van der Waals surface area contributed by atoms with Gasteiger partial charge in [-0.05, 0) is 6.42 Å². The summed E-state index contributed by atoms with van der Waals surface area (Å²) in [6, 6.07) is 0. The zero-order valence-corrected chi connectivity index (χ0v) is 11.1. The first-order valence-corrected chi connectivity index (χ1v) is 6.74. The van der Waals surface area contributed by atoms with Crippen LogP contribution in [0.2, 0.25) is 0 Å². The third kappa shape index (κ3) is 2.46. The van der Waals surface area contributed by atoms with Gasteiger partial charge >= 0.3 is 0 Å². The lowest BCUT2D eigenvalue weighted by Crippen LogP contribution is -2.27. The van der Waals surface area contributed by atoms with Crippen LogP contribution in [-0.4, -0.2) is 26.5 Å². The molecule has 1 aliphatic heterocycles. The molecule has 1 aliphatic rings. The highest BCUT2D eigenvalue weighted by Crippen LogP contribution is 2.20. The average Bonchev–Trinajstić information content (AvgIpc) is 2.48. The minimum absolute atomic E-state index is 0.706. The van der Waals surface area contributed by atoms with E-state index < -0.39 is 0 Å². The number of fused-ring (bicyclic) bond motifs is 1. The first-order valence-electron chi connectivity index (χ1n) is 6.74. The minimum Gasteiger partial charge on any atom is -0.312 e. The van der Waals surface area contributed by atoms with Crippen LogP contribution in [0, 0.1) is 0 Å². The first-order chi connectivity index (χ1) is 9.38. The quantitative estimate of drug-likeness (QED) is 0.901. The van der Waals surface area contributed by atoms with Crippen molar-refractivity contribution in [1.29, 1.82) is 0 Å². The van der Waals surface area contributed by atoms with E-state index in [9.17, 15) is 0 Å². The van der Waals surface area contributed by atoms with Crippen molar-refractivity contribution in [2.45, 2.75) is 32.7 Å². The van der Waals surface area contributed by atoms with E-state index in [-0.39, 0.29) is 0 Å². The number of hydrogen-bond acceptors (Lipinski definition) is 5. The molecule has 2 aromatic rings. The third-order valence-corrected chi connectivity index (χ3v) is 3.30. The predicted molar refractivity (Wildman–Crippen MR) is 72.5 cm³/mol. The number of nitrogens with zero attached hydrogens (tertiary/aromatic N) is 4. The molecule has 2 aromatic heterocycles. The van der Waals surface area contributed by atoms with Crippen LogP contribution in [0.3, 0.4) is 0 Å². The molecular weight excluding hydrogens is 238 g/mol. The smallest absolute Gasteiger partial charge is 0.180 e. The van der Waals surface area contributed by atoms with Crippen LogP contribution in [0.5, 0.6) is 0 Å². The summed E-state index contributed by atoms with van der Waals surface area (Å²) in [6.45, 7) is 4.04. The summed E-state index contributed by atoms with van der Waals surface area (Å²) >= 11 is 0. The molecule has 0 unspecified atom stereocenters. The fourth-order valence-corrected chi connectivity index (χ4v) is 2.39. The lowest BCUT2D eigenvalue weighted by atomic mass is 10.0. The monoisotopic (exact) mass is 255 g/mol. The van der Waals surface area contributed by atoms with Crippen molar-refractivity contribution in [2.24, 2.45) is 0 Å². The van der Waals surface area contributed by atoms with E-state index in [1.54, 1.807) is 18.6 Å². The zero-order chi connectivity index (χ0) is 13.1. The Morgan fingerprint density at radius 3 is 3.00 bits per heavy atom. The summed E-state index contributed by atoms with van der Waals surface area (Å²) in [4.78, 5) is 17.8. The second kappa shape index (κ2) is 5.40. The Kier molecular flexibility index (Phi) is 3.46. The van der Waals surface area contributed by atoms with Crippen LogP contribution in [0.25, 0.3) is 11.5 Å². The molecule has 0 saturated heterocycles. The molecule has 98 valence electrons. The molecule has 0 atom stereocenters. The average molecular weight is 255 g/mol. The van der Waals surface area contributed by atoms with Gasteiger partial charge in [-0.2, -0.15) is 0 Å². The van der Waals surface area contributed by atoms with E-state index in [0.29, 0.717) is 5.82 Å². The summed E-state index contributed by atoms with van der Waals surface area (Å²) in [5.74, 6) is 0.706. The maximum Gasteiger partial charge on any atom is 0.180 e. The van der Waals surface area contributed by atoms with Gasteiger partial charge in [0.15, 0.2) is 5.82 Å². The molecule has 0 saturated carbocycles. The molecule has 3 heterocycles. The summed E-state index contributed by atoms with van der Waals surface area (Å²) in [5.41, 5.74) is 4.35. The Bertz CT molecular complexity index is 568. The molecule has 0 aliphatic carbocycles. The van der Waals surface area contributed by atoms with Gasteiger partial charge in [-0.1, -0.05) is 13.3 Å². The van der Waals surface area contributed by atoms with Gasteiger partial charge in [-0.15, -0.1) is 0 Å². The number of aromatic nitrogens is 4. The number of aryl methyl sites for hydroxylation is 1. The zero-order valence-electron chi connectivity index (χ0n) is 11.1. The Morgan fingerprint density at radius 2 is 2.21 bits per heavy atom. The predicted octanol–water partition coefficient (Wildman–Crippen LogP) is 1.53. The molecule has 3 rings (SSSR count). The summed E-state index contributed by atoms with van der Waals surface area (Å²) in [6.07, 6.45) is 8.10. The first kappa shape index (κ1) is 12.2. The van der Waals surface area contributed by atoms with Crippen LogP contribution in [0.15, 0.2) is 18.6 Å². The fraction of sp³-hybridized carbons (Fsp3) is 0.429. The van der Waals surface area contributed by atoms with Crippen LogP contribution in [0.4, 0.5) is 0 Å². The summed E-state index contributed by atoms with van der Waals surface area (Å²) < 4.78 is 0. The summed E-state index contributed by atoms with van der Waals surface area (Å²) in [7, 11) is 0. The molecular formula is C14H17N5. The molecule has 19 heavy (non-hydrogen) atoms. The molecule has 0 amide bonds. The topological polar surface area (TPSA) is 63.6 Å². The van der Waals surface area contributed by atoms with Crippen LogP contribution in [-0.2, 0) is 19.4 Å². The second-order valence-corrected chi connectivity index (χ2v) is 4.69. The number of rotatable bonds is 3. The Hall–Kier alpha value is -1.88. The lowest BCUT2D eigenvalue weighted by Gasteiger charge is -2.19. The fourth-order valence-electron chi connectivity index (χ4n) is 2.39. The molecule has 0 fully saturated rings. The van der Waals surface area contributed by atoms with Gasteiger partial charge in [-0.3, -0.25) is 4.98 Å². The van der Waals surface area contributed by atoms with E-state index in [0.717, 1.165) is 49.4 Å². The van der Waals surface area contributed by atoms with Crippen molar-refractivity contribution in [3.63, 3.8) is 0 Å². The SMILES string of the molecule is CCCc1nc(-c2cnccn2)nc2c1CNCC2. The lowest BCUT2D eigenvalue weighted by molar-refractivity contribution is 0.615. The van der Waals surface area contributed by atoms with E-state index in [2.05, 4.69) is 27.2 Å². The van der Waals surface area contributed by atoms with Crippen molar-refractivity contribution >= 4 is 0 Å². The van der Waals surface area contributed by atoms with Gasteiger partial charge in [0.2, 0.25) is 0 Å². The molecule has 0 radical (unpaired) electrons. The Morgan fingerprint density at radius 1 is 1.26 bits per heavy atom. The van der Waals surface area contributed by atoms with Crippen molar-refractivity contribution in [3.05, 3.63) is 35.5 Å². The molecule has 0 bridgehead atoms. The number of nitrogens with one attached hydrogen (secondary N) is 1. The third-order valence-electron chi connectivity index (χ3n) is 3.30. The van der Waals surface area contributed by atoms with E-state index in [4.69, 9.17) is 4.98 Å². The maximum atomic E-state index is 4.69. The molecule has 0 spiro atoms. The Labute approximate surface area is 112 Å². The minimum atomic E-state index is 0.706. The van der Waals surface area contributed by atoms with Gasteiger partial charge in [0.05, 0.1) is 11.9 Å². The van der Waals surface area contributed by atoms with Gasteiger partial charge in [0, 0.05) is 43.2 Å². The van der Waals surface area contributed by atoms with E-state index >= 15 is 0 Å². The standard InChI is InChI=1S/C14H17N5/c1-2-3-11-10-8-15-5-4-12(10)19-14(18-11)13-9-16-6-7-17-13/h6-7,9,15H,2-5,8H2,1H3. The van der Waals surface area contributed by atoms with Crippen molar-refractivity contribution < 1.29 is 0 Å². The molecule has 0 aromatic carbocycles. The van der Waals surface area contributed by atoms with Gasteiger partial charge in [0.1, 0.15) is 5.69 Å². The van der Waals surface area contributed by atoms with Gasteiger partial charge in [-0.25, -0.2) is 15.0 Å². The Balaban J connectivity index is 2.09. The van der Waals surface area contributed by atoms with Gasteiger partial charge < -0.3 is 5.32 Å². The largest absolute Gasteiger partial charge is 0.312 e. The maximum absolute atomic E-state index is 4.69. The van der Waals surface area contributed by atoms with Crippen molar-refractivity contribution in [3.8, 4) is 11.5 Å². The van der Waals surface area contributed by atoms with Gasteiger partial charge in [0.25, 0.3) is 0 Å². The second-order valence-electron chi connectivity index (χ2n) is 4.69. The molecule has 5 nitrogen and oxygen atoms in total. The van der Waals surface area contributed by atoms with Crippen LogP contribution in [0.1, 0.15) is 30.3 Å². The highest BCUT2D eigenvalue weighted by molar-refractivity contribution is 5.49.